The van der Waals surface area contributed by atoms with Gasteiger partial charge in [-0.1, -0.05) is 0 Å². The van der Waals surface area contributed by atoms with Crippen LogP contribution >= 0.6 is 12.6 Å². The molecule has 0 N–H and O–H groups in total. The Morgan fingerprint density at radius 3 is 1.71 bits per heavy atom. The van der Waals surface area contributed by atoms with Gasteiger partial charge >= 0.3 is 23.9 Å². The Hall–Kier alpha value is -1.81. The van der Waals surface area contributed by atoms with Crippen molar-refractivity contribution in [3.63, 3.8) is 0 Å². The molecule has 0 aromatic rings. The molecule has 1 fully saturated rings. The molecule has 1 aliphatic rings. The van der Waals surface area contributed by atoms with Crippen LogP contribution in [0.4, 0.5) is 0 Å². The summed E-state index contributed by atoms with van der Waals surface area (Å²) in [7, 11) is 0. The zero-order valence-corrected chi connectivity index (χ0v) is 14.6. The fourth-order valence-electron chi connectivity index (χ4n) is 2.21. The predicted octanol–water partition coefficient (Wildman–Crippen LogP) is -0.000700. The Bertz CT molecular complexity index is 506. The highest BCUT2D eigenvalue weighted by Crippen LogP contribution is 2.30. The first-order valence-electron chi connectivity index (χ1n) is 7.10. The minimum absolute atomic E-state index is 0.255. The second-order valence-electron chi connectivity index (χ2n) is 5.09. The van der Waals surface area contributed by atoms with Crippen LogP contribution in [0.25, 0.3) is 0 Å². The maximum absolute atomic E-state index is 11.4. The molecule has 10 heteroatoms. The molecule has 0 amide bonds. The Morgan fingerprint density at radius 1 is 0.792 bits per heavy atom. The second-order valence-corrected chi connectivity index (χ2v) is 5.60. The van der Waals surface area contributed by atoms with Crippen LogP contribution in [0.3, 0.4) is 0 Å². The van der Waals surface area contributed by atoms with Gasteiger partial charge in [-0.2, -0.15) is 0 Å². The Morgan fingerprint density at radius 2 is 1.25 bits per heavy atom. The highest BCUT2D eigenvalue weighted by atomic mass is 32.1. The molecule has 136 valence electrons. The molecule has 1 heterocycles. The number of thiol groups is 1. The largest absolute Gasteiger partial charge is 0.463 e. The number of hydrogen-bond donors (Lipinski definition) is 1. The molecule has 0 aliphatic carbocycles. The Kier molecular flexibility index (Phi) is 7.49. The first-order chi connectivity index (χ1) is 11.1. The number of carbonyl (C=O) groups excluding carboxylic acids is 4. The summed E-state index contributed by atoms with van der Waals surface area (Å²) in [6.07, 6.45) is -4.35. The average molecular weight is 364 g/mol. The highest BCUT2D eigenvalue weighted by molar-refractivity contribution is 7.80. The Balaban J connectivity index is 3.11. The maximum atomic E-state index is 11.4. The van der Waals surface area contributed by atoms with Gasteiger partial charge in [0.05, 0.1) is 0 Å². The van der Waals surface area contributed by atoms with E-state index in [1.54, 1.807) is 0 Å². The topological polar surface area (TPSA) is 114 Å². The lowest BCUT2D eigenvalue weighted by Gasteiger charge is -2.42. The molecule has 1 aliphatic heterocycles. The van der Waals surface area contributed by atoms with Crippen molar-refractivity contribution in [3.8, 4) is 0 Å². The van der Waals surface area contributed by atoms with E-state index in [2.05, 4.69) is 12.6 Å². The summed E-state index contributed by atoms with van der Waals surface area (Å²) in [4.78, 5) is 45.1. The van der Waals surface area contributed by atoms with Crippen LogP contribution in [0.5, 0.6) is 0 Å². The highest BCUT2D eigenvalue weighted by Gasteiger charge is 2.51. The van der Waals surface area contributed by atoms with Crippen molar-refractivity contribution in [3.05, 3.63) is 0 Å². The summed E-state index contributed by atoms with van der Waals surface area (Å²) in [6, 6.07) is 0. The molecule has 0 aromatic heterocycles. The predicted molar refractivity (Wildman–Crippen MR) is 80.9 cm³/mol. The number of hydrogen-bond acceptors (Lipinski definition) is 10. The molecule has 24 heavy (non-hydrogen) atoms. The molecule has 0 saturated carbocycles. The molecular weight excluding hydrogens is 344 g/mol. The van der Waals surface area contributed by atoms with Gasteiger partial charge < -0.3 is 23.7 Å². The van der Waals surface area contributed by atoms with Crippen molar-refractivity contribution in [2.45, 2.75) is 57.5 Å². The quantitative estimate of drug-likeness (QED) is 0.409. The molecule has 1 rings (SSSR count). The van der Waals surface area contributed by atoms with Crippen molar-refractivity contribution < 1.29 is 42.9 Å². The summed E-state index contributed by atoms with van der Waals surface area (Å²) in [6.45, 7) is 4.42. The Labute approximate surface area is 144 Å². The zero-order valence-electron chi connectivity index (χ0n) is 13.7. The van der Waals surface area contributed by atoms with Crippen molar-refractivity contribution in [1.82, 2.24) is 0 Å². The molecule has 3 unspecified atom stereocenters. The first-order valence-corrected chi connectivity index (χ1v) is 7.62. The maximum Gasteiger partial charge on any atom is 0.303 e. The van der Waals surface area contributed by atoms with Crippen LogP contribution in [0.2, 0.25) is 0 Å². The monoisotopic (exact) mass is 364 g/mol. The molecule has 9 nitrogen and oxygen atoms in total. The molecule has 0 bridgehead atoms. The summed E-state index contributed by atoms with van der Waals surface area (Å²) in [5.41, 5.74) is -0.981. The standard InChI is InChI=1S/C14H20O9S/c1-6(15)19-5-10-11(20-7(2)16)12(21-8(3)17)13(14(24)23-10)22-9(4)18/h10-14,24H,5H2,1-4H3/t10-,11?,12+,13?,14?/m1/s1. The third-order valence-electron chi connectivity index (χ3n) is 2.97. The van der Waals surface area contributed by atoms with Crippen LogP contribution in [0, 0.1) is 0 Å². The second kappa shape index (κ2) is 8.88. The van der Waals surface area contributed by atoms with E-state index in [1.807, 2.05) is 0 Å². The van der Waals surface area contributed by atoms with E-state index < -0.39 is 53.7 Å². The van der Waals surface area contributed by atoms with E-state index in [0.717, 1.165) is 20.8 Å². The van der Waals surface area contributed by atoms with Crippen LogP contribution in [-0.4, -0.2) is 60.3 Å². The van der Waals surface area contributed by atoms with E-state index in [-0.39, 0.29) is 6.61 Å². The summed E-state index contributed by atoms with van der Waals surface area (Å²) >= 11 is 4.18. The van der Waals surface area contributed by atoms with Gasteiger partial charge in [-0.3, -0.25) is 19.2 Å². The van der Waals surface area contributed by atoms with Gasteiger partial charge in [0.1, 0.15) is 18.1 Å². The number of esters is 4. The number of rotatable bonds is 5. The summed E-state index contributed by atoms with van der Waals surface area (Å²) in [5, 5.41) is 0. The lowest BCUT2D eigenvalue weighted by atomic mass is 9.99. The van der Waals surface area contributed by atoms with E-state index >= 15 is 0 Å². The molecule has 0 radical (unpaired) electrons. The summed E-state index contributed by atoms with van der Waals surface area (Å²) < 4.78 is 25.8. The van der Waals surface area contributed by atoms with Gasteiger partial charge in [0.15, 0.2) is 18.3 Å². The molecule has 0 spiro atoms. The van der Waals surface area contributed by atoms with Crippen molar-refractivity contribution in [2.75, 3.05) is 6.61 Å². The zero-order chi connectivity index (χ0) is 18.4. The third-order valence-corrected chi connectivity index (χ3v) is 3.38. The third kappa shape index (κ3) is 6.00. The SMILES string of the molecule is CC(=O)OC[C@H]1OC(S)C(OC(C)=O)[C@@H](OC(C)=O)C1OC(C)=O. The van der Waals surface area contributed by atoms with Gasteiger partial charge in [0, 0.05) is 27.7 Å². The lowest BCUT2D eigenvalue weighted by Crippen LogP contribution is -2.61. The van der Waals surface area contributed by atoms with Crippen LogP contribution in [0.15, 0.2) is 0 Å². The first kappa shape index (κ1) is 20.2. The molecule has 1 saturated heterocycles. The average Bonchev–Trinajstić information content (AvgIpc) is 2.42. The van der Waals surface area contributed by atoms with Gasteiger partial charge in [0.2, 0.25) is 0 Å². The van der Waals surface area contributed by atoms with E-state index in [4.69, 9.17) is 23.7 Å². The van der Waals surface area contributed by atoms with E-state index in [1.165, 1.54) is 6.92 Å². The number of ether oxygens (including phenoxy) is 5. The fourth-order valence-corrected chi connectivity index (χ4v) is 2.59. The van der Waals surface area contributed by atoms with Crippen molar-refractivity contribution >= 4 is 36.5 Å². The minimum Gasteiger partial charge on any atom is -0.463 e. The van der Waals surface area contributed by atoms with E-state index in [0.29, 0.717) is 0 Å². The number of carbonyl (C=O) groups is 4. The van der Waals surface area contributed by atoms with Crippen LogP contribution < -0.4 is 0 Å². The van der Waals surface area contributed by atoms with Crippen LogP contribution in [0.1, 0.15) is 27.7 Å². The van der Waals surface area contributed by atoms with Gasteiger partial charge in [-0.25, -0.2) is 0 Å². The minimum atomic E-state index is -1.16. The van der Waals surface area contributed by atoms with Crippen LogP contribution in [-0.2, 0) is 42.9 Å². The van der Waals surface area contributed by atoms with Crippen molar-refractivity contribution in [1.29, 1.82) is 0 Å². The smallest absolute Gasteiger partial charge is 0.303 e. The normalized spacial score (nSPS) is 29.3. The molecular formula is C14H20O9S. The van der Waals surface area contributed by atoms with Gasteiger partial charge in [0.25, 0.3) is 0 Å². The molecule has 0 aromatic carbocycles. The van der Waals surface area contributed by atoms with Crippen molar-refractivity contribution in [2.24, 2.45) is 0 Å². The van der Waals surface area contributed by atoms with Gasteiger partial charge in [-0.05, 0) is 0 Å². The fraction of sp³-hybridized carbons (Fsp3) is 0.714. The lowest BCUT2D eigenvalue weighted by molar-refractivity contribution is -0.237. The van der Waals surface area contributed by atoms with Gasteiger partial charge in [-0.15, -0.1) is 12.6 Å². The molecule has 5 atom stereocenters. The summed E-state index contributed by atoms with van der Waals surface area (Å²) in [5.74, 6) is -2.57. The van der Waals surface area contributed by atoms with E-state index in [9.17, 15) is 19.2 Å².